The molecule has 0 heterocycles. The van der Waals surface area contributed by atoms with Gasteiger partial charge < -0.3 is 11.5 Å². The molecule has 126 valence electrons. The first-order valence-corrected chi connectivity index (χ1v) is 7.23. The maximum Gasteiger partial charge on any atom is 0.416 e. The Hall–Kier alpha value is -2.25. The number of halogens is 5. The molecule has 9 heteroatoms. The number of nitrogens with zero attached hydrogens (tertiary/aromatic N) is 2. The van der Waals surface area contributed by atoms with Gasteiger partial charge in [-0.3, -0.25) is 0 Å². The smallest absolute Gasteiger partial charge is 0.369 e. The molecule has 2 rings (SSSR count). The molecule has 24 heavy (non-hydrogen) atoms. The van der Waals surface area contributed by atoms with Crippen molar-refractivity contribution in [2.24, 2.45) is 21.7 Å². The normalized spacial score (nSPS) is 12.1. The van der Waals surface area contributed by atoms with E-state index in [4.69, 9.17) is 34.7 Å². The Bertz CT molecular complexity index is 795. The van der Waals surface area contributed by atoms with Gasteiger partial charge in [0, 0.05) is 11.1 Å². The fraction of sp³-hybridized carbons (Fsp3) is 0.0667. The van der Waals surface area contributed by atoms with Crippen molar-refractivity contribution in [3.05, 3.63) is 69.2 Å². The standard InChI is InChI=1S/C15H11Cl2F3N4/c16-11-6-3-9(7-12(11)17)13(23-24-14(21)22)8-1-4-10(5-2-8)15(18,19)20/h1-7H,(H4,21,22,24)/b23-13-. The van der Waals surface area contributed by atoms with E-state index in [1.807, 2.05) is 0 Å². The first-order chi connectivity index (χ1) is 11.2. The van der Waals surface area contributed by atoms with Crippen LogP contribution in [0.2, 0.25) is 10.0 Å². The number of hydrogen-bond donors (Lipinski definition) is 2. The van der Waals surface area contributed by atoms with Gasteiger partial charge in [-0.25, -0.2) is 0 Å². The highest BCUT2D eigenvalue weighted by Crippen LogP contribution is 2.30. The van der Waals surface area contributed by atoms with Gasteiger partial charge in [0.2, 0.25) is 5.96 Å². The van der Waals surface area contributed by atoms with Gasteiger partial charge in [0.25, 0.3) is 0 Å². The van der Waals surface area contributed by atoms with E-state index in [2.05, 4.69) is 10.2 Å². The zero-order valence-electron chi connectivity index (χ0n) is 12.0. The third-order valence-electron chi connectivity index (χ3n) is 2.94. The minimum Gasteiger partial charge on any atom is -0.369 e. The van der Waals surface area contributed by atoms with Gasteiger partial charge >= 0.3 is 6.18 Å². The summed E-state index contributed by atoms with van der Waals surface area (Å²) in [6.07, 6.45) is -4.43. The van der Waals surface area contributed by atoms with Crippen LogP contribution < -0.4 is 11.5 Å². The van der Waals surface area contributed by atoms with E-state index in [9.17, 15) is 13.2 Å². The average molecular weight is 375 g/mol. The fourth-order valence-corrected chi connectivity index (χ4v) is 2.15. The highest BCUT2D eigenvalue weighted by Gasteiger charge is 2.30. The Kier molecular flexibility index (Phi) is 5.36. The zero-order valence-corrected chi connectivity index (χ0v) is 13.5. The summed E-state index contributed by atoms with van der Waals surface area (Å²) in [5, 5.41) is 8.05. The first kappa shape index (κ1) is 18.1. The van der Waals surface area contributed by atoms with Gasteiger partial charge in [-0.1, -0.05) is 41.4 Å². The summed E-state index contributed by atoms with van der Waals surface area (Å²) in [5.74, 6) is -0.292. The van der Waals surface area contributed by atoms with Gasteiger partial charge in [0.1, 0.15) is 5.71 Å². The molecule has 0 aromatic heterocycles. The average Bonchev–Trinajstić information content (AvgIpc) is 2.50. The molecule has 0 bridgehead atoms. The Balaban J connectivity index is 2.53. The van der Waals surface area contributed by atoms with Crippen LogP contribution in [0, 0.1) is 0 Å². The van der Waals surface area contributed by atoms with Crippen LogP contribution in [0.15, 0.2) is 52.7 Å². The lowest BCUT2D eigenvalue weighted by atomic mass is 10.0. The molecular formula is C15H11Cl2F3N4. The van der Waals surface area contributed by atoms with Crippen LogP contribution in [0.1, 0.15) is 16.7 Å². The van der Waals surface area contributed by atoms with Crippen LogP contribution in [0.4, 0.5) is 13.2 Å². The van der Waals surface area contributed by atoms with Crippen LogP contribution >= 0.6 is 23.2 Å². The summed E-state index contributed by atoms with van der Waals surface area (Å²) in [5.41, 5.74) is 10.9. The van der Waals surface area contributed by atoms with Crippen molar-refractivity contribution in [1.82, 2.24) is 0 Å². The molecule has 0 radical (unpaired) electrons. The molecule has 0 aliphatic heterocycles. The highest BCUT2D eigenvalue weighted by atomic mass is 35.5. The van der Waals surface area contributed by atoms with Crippen LogP contribution in [0.5, 0.6) is 0 Å². The number of alkyl halides is 3. The SMILES string of the molecule is NC(N)=N/N=C(/c1ccc(C(F)(F)F)cc1)c1ccc(Cl)c(Cl)c1. The Morgan fingerprint density at radius 2 is 1.42 bits per heavy atom. The topological polar surface area (TPSA) is 76.8 Å². The zero-order chi connectivity index (χ0) is 17.9. The third-order valence-corrected chi connectivity index (χ3v) is 3.68. The molecule has 0 amide bonds. The largest absolute Gasteiger partial charge is 0.416 e. The van der Waals surface area contributed by atoms with Crippen molar-refractivity contribution in [3.63, 3.8) is 0 Å². The molecule has 0 aliphatic rings. The monoisotopic (exact) mass is 374 g/mol. The lowest BCUT2D eigenvalue weighted by Gasteiger charge is -2.10. The van der Waals surface area contributed by atoms with Crippen molar-refractivity contribution < 1.29 is 13.2 Å². The second-order valence-corrected chi connectivity index (χ2v) is 5.49. The van der Waals surface area contributed by atoms with Crippen molar-refractivity contribution in [3.8, 4) is 0 Å². The van der Waals surface area contributed by atoms with E-state index >= 15 is 0 Å². The lowest BCUT2D eigenvalue weighted by Crippen LogP contribution is -2.22. The lowest BCUT2D eigenvalue weighted by molar-refractivity contribution is -0.137. The number of rotatable bonds is 3. The van der Waals surface area contributed by atoms with E-state index in [0.717, 1.165) is 12.1 Å². The van der Waals surface area contributed by atoms with Crippen molar-refractivity contribution in [2.75, 3.05) is 0 Å². The molecule has 4 N–H and O–H groups in total. The number of hydrogen-bond acceptors (Lipinski definition) is 2. The quantitative estimate of drug-likeness (QED) is 0.483. The molecule has 0 spiro atoms. The molecule has 0 saturated heterocycles. The molecule has 0 unspecified atom stereocenters. The molecule has 0 atom stereocenters. The first-order valence-electron chi connectivity index (χ1n) is 6.48. The molecule has 4 nitrogen and oxygen atoms in total. The summed E-state index contributed by atoms with van der Waals surface area (Å²) in [7, 11) is 0. The van der Waals surface area contributed by atoms with E-state index in [-0.39, 0.29) is 16.7 Å². The van der Waals surface area contributed by atoms with Crippen LogP contribution in [0.3, 0.4) is 0 Å². The fourth-order valence-electron chi connectivity index (χ4n) is 1.85. The van der Waals surface area contributed by atoms with Crippen LogP contribution in [0.25, 0.3) is 0 Å². The second-order valence-electron chi connectivity index (χ2n) is 4.68. The number of benzene rings is 2. The molecular weight excluding hydrogens is 364 g/mol. The minimum atomic E-state index is -4.43. The van der Waals surface area contributed by atoms with Gasteiger partial charge in [-0.2, -0.15) is 13.2 Å². The Morgan fingerprint density at radius 1 is 0.833 bits per heavy atom. The molecule has 0 aliphatic carbocycles. The maximum atomic E-state index is 12.7. The molecule has 2 aromatic rings. The van der Waals surface area contributed by atoms with E-state index in [1.54, 1.807) is 6.07 Å². The van der Waals surface area contributed by atoms with Gasteiger partial charge in [0.05, 0.1) is 15.6 Å². The van der Waals surface area contributed by atoms with Gasteiger partial charge in [0.15, 0.2) is 0 Å². The van der Waals surface area contributed by atoms with E-state index in [0.29, 0.717) is 16.1 Å². The van der Waals surface area contributed by atoms with Gasteiger partial charge in [-0.15, -0.1) is 10.2 Å². The Morgan fingerprint density at radius 3 is 1.92 bits per heavy atom. The summed E-state index contributed by atoms with van der Waals surface area (Å²) < 4.78 is 38.0. The predicted molar refractivity (Wildman–Crippen MR) is 89.4 cm³/mol. The maximum absolute atomic E-state index is 12.7. The van der Waals surface area contributed by atoms with Crippen molar-refractivity contribution in [2.45, 2.75) is 6.18 Å². The molecule has 2 aromatic carbocycles. The Labute approximate surface area is 145 Å². The van der Waals surface area contributed by atoms with E-state index in [1.165, 1.54) is 24.3 Å². The van der Waals surface area contributed by atoms with E-state index < -0.39 is 11.7 Å². The summed E-state index contributed by atoms with van der Waals surface area (Å²) in [6, 6.07) is 9.08. The van der Waals surface area contributed by atoms with Crippen molar-refractivity contribution in [1.29, 1.82) is 0 Å². The second kappa shape index (κ2) is 7.11. The summed E-state index contributed by atoms with van der Waals surface area (Å²) in [6.45, 7) is 0. The third kappa shape index (κ3) is 4.39. The number of nitrogens with two attached hydrogens (primary N) is 2. The minimum absolute atomic E-state index is 0.246. The summed E-state index contributed by atoms with van der Waals surface area (Å²) in [4.78, 5) is 0. The molecule has 0 fully saturated rings. The molecule has 0 saturated carbocycles. The van der Waals surface area contributed by atoms with Crippen molar-refractivity contribution >= 4 is 34.9 Å². The van der Waals surface area contributed by atoms with Crippen LogP contribution in [-0.4, -0.2) is 11.7 Å². The van der Waals surface area contributed by atoms with Gasteiger partial charge in [-0.05, 0) is 24.3 Å². The number of guanidine groups is 1. The summed E-state index contributed by atoms with van der Waals surface area (Å²) >= 11 is 11.8. The highest BCUT2D eigenvalue weighted by molar-refractivity contribution is 6.42. The predicted octanol–water partition coefficient (Wildman–Crippen LogP) is 4.04. The van der Waals surface area contributed by atoms with Crippen LogP contribution in [-0.2, 0) is 6.18 Å².